The van der Waals surface area contributed by atoms with Gasteiger partial charge in [-0.25, -0.2) is 9.67 Å². The van der Waals surface area contributed by atoms with Crippen molar-refractivity contribution in [3.05, 3.63) is 47.5 Å². The molecule has 0 amide bonds. The summed E-state index contributed by atoms with van der Waals surface area (Å²) in [6, 6.07) is 6.52. The molecule has 24 heavy (non-hydrogen) atoms. The summed E-state index contributed by atoms with van der Waals surface area (Å²) in [7, 11) is 0. The number of thioether (sulfide) groups is 1. The third kappa shape index (κ3) is 3.84. The molecular formula is C17H22N6S. The molecule has 0 radical (unpaired) electrons. The van der Waals surface area contributed by atoms with Crippen molar-refractivity contribution in [2.24, 2.45) is 0 Å². The maximum absolute atomic E-state index is 4.49. The number of rotatable bonds is 7. The van der Waals surface area contributed by atoms with E-state index >= 15 is 0 Å². The lowest BCUT2D eigenvalue weighted by atomic mass is 10.1. The zero-order valence-electron chi connectivity index (χ0n) is 14.3. The predicted octanol–water partition coefficient (Wildman–Crippen LogP) is 3.57. The largest absolute Gasteiger partial charge is 0.295 e. The Morgan fingerprint density at radius 3 is 2.67 bits per heavy atom. The number of hydrogen-bond acceptors (Lipinski definition) is 5. The molecule has 126 valence electrons. The summed E-state index contributed by atoms with van der Waals surface area (Å²) in [6.07, 6.45) is 6.04. The molecule has 0 spiro atoms. The van der Waals surface area contributed by atoms with Gasteiger partial charge in [-0.1, -0.05) is 31.2 Å². The van der Waals surface area contributed by atoms with Crippen LogP contribution in [0.1, 0.15) is 36.7 Å². The first kappa shape index (κ1) is 16.7. The molecule has 3 aromatic rings. The van der Waals surface area contributed by atoms with Crippen LogP contribution in [0.2, 0.25) is 0 Å². The predicted molar refractivity (Wildman–Crippen MR) is 95.3 cm³/mol. The monoisotopic (exact) mass is 342 g/mol. The maximum Gasteiger partial charge on any atom is 0.173 e. The Hall–Kier alpha value is -2.15. The number of imidazole rings is 1. The minimum absolute atomic E-state index is 0.707. The van der Waals surface area contributed by atoms with Crippen molar-refractivity contribution >= 4 is 11.8 Å². The first-order valence-corrected chi connectivity index (χ1v) is 9.16. The highest BCUT2D eigenvalue weighted by molar-refractivity contribution is 7.98. The quantitative estimate of drug-likeness (QED) is 0.614. The number of aromatic nitrogens is 6. The first-order valence-electron chi connectivity index (χ1n) is 8.17. The fourth-order valence-corrected chi connectivity index (χ4v) is 3.53. The van der Waals surface area contributed by atoms with Crippen LogP contribution < -0.4 is 0 Å². The van der Waals surface area contributed by atoms with Crippen LogP contribution in [0.3, 0.4) is 0 Å². The van der Waals surface area contributed by atoms with Gasteiger partial charge >= 0.3 is 0 Å². The SMILES string of the molecule is CCCCn1nnnc1CSc1nccn1-c1cc(C)cc(C)c1. The second kappa shape index (κ2) is 7.61. The summed E-state index contributed by atoms with van der Waals surface area (Å²) < 4.78 is 4.01. The van der Waals surface area contributed by atoms with Gasteiger partial charge < -0.3 is 0 Å². The third-order valence-electron chi connectivity index (χ3n) is 3.75. The number of aryl methyl sites for hydroxylation is 3. The van der Waals surface area contributed by atoms with Crippen LogP contribution in [0, 0.1) is 13.8 Å². The third-order valence-corrected chi connectivity index (χ3v) is 4.71. The first-order chi connectivity index (χ1) is 11.7. The summed E-state index contributed by atoms with van der Waals surface area (Å²) in [5.41, 5.74) is 3.63. The molecule has 0 aliphatic carbocycles. The van der Waals surface area contributed by atoms with E-state index in [2.05, 4.69) is 64.0 Å². The zero-order valence-corrected chi connectivity index (χ0v) is 15.1. The average molecular weight is 342 g/mol. The van der Waals surface area contributed by atoms with Gasteiger partial charge in [-0.05, 0) is 54.0 Å². The lowest BCUT2D eigenvalue weighted by molar-refractivity contribution is 0.540. The van der Waals surface area contributed by atoms with Crippen molar-refractivity contribution in [2.45, 2.75) is 51.1 Å². The van der Waals surface area contributed by atoms with Crippen LogP contribution in [-0.4, -0.2) is 29.8 Å². The smallest absolute Gasteiger partial charge is 0.173 e. The van der Waals surface area contributed by atoms with Crippen LogP contribution in [0.5, 0.6) is 0 Å². The minimum atomic E-state index is 0.707. The van der Waals surface area contributed by atoms with Crippen LogP contribution >= 0.6 is 11.8 Å². The minimum Gasteiger partial charge on any atom is -0.295 e. The Kier molecular flexibility index (Phi) is 5.30. The van der Waals surface area contributed by atoms with E-state index in [1.165, 1.54) is 11.1 Å². The highest BCUT2D eigenvalue weighted by Crippen LogP contribution is 2.24. The molecule has 0 aliphatic rings. The van der Waals surface area contributed by atoms with Gasteiger partial charge in [0.15, 0.2) is 11.0 Å². The Bertz CT molecular complexity index is 787. The van der Waals surface area contributed by atoms with Gasteiger partial charge in [0, 0.05) is 24.6 Å². The molecule has 0 atom stereocenters. The van der Waals surface area contributed by atoms with E-state index in [9.17, 15) is 0 Å². The maximum atomic E-state index is 4.49. The zero-order chi connectivity index (χ0) is 16.9. The lowest BCUT2D eigenvalue weighted by Crippen LogP contribution is -2.05. The van der Waals surface area contributed by atoms with Crippen LogP contribution in [0.25, 0.3) is 5.69 Å². The lowest BCUT2D eigenvalue weighted by Gasteiger charge is -2.09. The molecule has 6 nitrogen and oxygen atoms in total. The van der Waals surface area contributed by atoms with Gasteiger partial charge in [-0.3, -0.25) is 4.57 Å². The van der Waals surface area contributed by atoms with E-state index in [0.29, 0.717) is 5.75 Å². The molecule has 7 heteroatoms. The molecule has 0 N–H and O–H groups in total. The van der Waals surface area contributed by atoms with Crippen molar-refractivity contribution in [3.8, 4) is 5.69 Å². The molecular weight excluding hydrogens is 320 g/mol. The Morgan fingerprint density at radius 1 is 1.12 bits per heavy atom. The number of benzene rings is 1. The Morgan fingerprint density at radius 2 is 1.92 bits per heavy atom. The van der Waals surface area contributed by atoms with Crippen LogP contribution in [0.15, 0.2) is 35.7 Å². The molecule has 2 heterocycles. The number of unbranched alkanes of at least 4 members (excludes halogenated alkanes) is 1. The van der Waals surface area contributed by atoms with Crippen molar-refractivity contribution in [1.82, 2.24) is 29.8 Å². The fourth-order valence-electron chi connectivity index (χ4n) is 2.62. The van der Waals surface area contributed by atoms with Crippen molar-refractivity contribution in [1.29, 1.82) is 0 Å². The molecule has 0 unspecified atom stereocenters. The molecule has 1 aromatic carbocycles. The summed E-state index contributed by atoms with van der Waals surface area (Å²) in [5, 5.41) is 13.0. The molecule has 0 bridgehead atoms. The van der Waals surface area contributed by atoms with E-state index in [4.69, 9.17) is 0 Å². The average Bonchev–Trinajstić information content (AvgIpc) is 3.18. The fraction of sp³-hybridized carbons (Fsp3) is 0.412. The van der Waals surface area contributed by atoms with Gasteiger partial charge in [0.25, 0.3) is 0 Å². The normalized spacial score (nSPS) is 11.1. The van der Waals surface area contributed by atoms with E-state index in [1.807, 2.05) is 17.1 Å². The van der Waals surface area contributed by atoms with Gasteiger partial charge in [0.2, 0.25) is 0 Å². The van der Waals surface area contributed by atoms with E-state index < -0.39 is 0 Å². The van der Waals surface area contributed by atoms with E-state index in [0.717, 1.165) is 36.1 Å². The van der Waals surface area contributed by atoms with E-state index in [1.54, 1.807) is 11.8 Å². The summed E-state index contributed by atoms with van der Waals surface area (Å²) in [4.78, 5) is 4.49. The Balaban J connectivity index is 1.76. The van der Waals surface area contributed by atoms with Gasteiger partial charge in [0.1, 0.15) is 0 Å². The van der Waals surface area contributed by atoms with Crippen molar-refractivity contribution in [2.75, 3.05) is 0 Å². The molecule has 2 aromatic heterocycles. The van der Waals surface area contributed by atoms with Crippen LogP contribution in [0.4, 0.5) is 0 Å². The molecule has 0 saturated heterocycles. The van der Waals surface area contributed by atoms with Gasteiger partial charge in [-0.2, -0.15) is 0 Å². The summed E-state index contributed by atoms with van der Waals surface area (Å²) >= 11 is 1.65. The number of nitrogens with zero attached hydrogens (tertiary/aromatic N) is 6. The second-order valence-electron chi connectivity index (χ2n) is 5.89. The van der Waals surface area contributed by atoms with Gasteiger partial charge in [0.05, 0.1) is 5.75 Å². The van der Waals surface area contributed by atoms with Crippen molar-refractivity contribution < 1.29 is 0 Å². The topological polar surface area (TPSA) is 61.4 Å². The highest BCUT2D eigenvalue weighted by Gasteiger charge is 2.11. The Labute approximate surface area is 146 Å². The summed E-state index contributed by atoms with van der Waals surface area (Å²) in [6.45, 7) is 7.26. The number of hydrogen-bond donors (Lipinski definition) is 0. The van der Waals surface area contributed by atoms with Gasteiger partial charge in [-0.15, -0.1) is 5.10 Å². The number of tetrazole rings is 1. The standard InChI is InChI=1S/C17H22N6S/c1-4-5-7-23-16(19-20-21-23)12-24-17-18-6-8-22(17)15-10-13(2)9-14(3)11-15/h6,8-11H,4-5,7,12H2,1-3H3. The van der Waals surface area contributed by atoms with Crippen LogP contribution in [-0.2, 0) is 12.3 Å². The molecule has 3 rings (SSSR count). The summed E-state index contributed by atoms with van der Waals surface area (Å²) in [5.74, 6) is 1.60. The highest BCUT2D eigenvalue weighted by atomic mass is 32.2. The second-order valence-corrected chi connectivity index (χ2v) is 6.83. The van der Waals surface area contributed by atoms with E-state index in [-0.39, 0.29) is 0 Å². The molecule has 0 aliphatic heterocycles. The molecule has 0 fully saturated rings. The molecule has 0 saturated carbocycles. The van der Waals surface area contributed by atoms with Crippen molar-refractivity contribution in [3.63, 3.8) is 0 Å².